The second-order valence-electron chi connectivity index (χ2n) is 18.0. The van der Waals surface area contributed by atoms with Crippen LogP contribution in [0.15, 0.2) is 27.8 Å². The zero-order valence-corrected chi connectivity index (χ0v) is 33.9. The van der Waals surface area contributed by atoms with Gasteiger partial charge < -0.3 is 30.5 Å². The highest BCUT2D eigenvalue weighted by Gasteiger charge is 2.61. The van der Waals surface area contributed by atoms with Crippen LogP contribution in [-0.2, 0) is 31.9 Å². The molecular weight excluding hydrogens is 727 g/mol. The van der Waals surface area contributed by atoms with Crippen molar-refractivity contribution in [3.63, 3.8) is 0 Å². The quantitative estimate of drug-likeness (QED) is 0.144. The summed E-state index contributed by atoms with van der Waals surface area (Å²) in [4.78, 5) is 41.3. The average Bonchev–Trinajstić information content (AvgIpc) is 3.60. The molecule has 2 aromatic carbocycles. The van der Waals surface area contributed by atoms with Crippen LogP contribution in [0.1, 0.15) is 124 Å². The van der Waals surface area contributed by atoms with Crippen LogP contribution in [0.25, 0.3) is 0 Å². The summed E-state index contributed by atoms with van der Waals surface area (Å²) in [5.74, 6) is -4.38. The Labute approximate surface area is 323 Å². The van der Waals surface area contributed by atoms with Gasteiger partial charge in [-0.1, -0.05) is 41.5 Å². The smallest absolute Gasteiger partial charge is 0.266 e. The fourth-order valence-corrected chi connectivity index (χ4v) is 11.3. The number of ketones is 1. The largest absolute Gasteiger partial charge is 0.504 e. The highest BCUT2D eigenvalue weighted by Crippen LogP contribution is 2.65. The number of aliphatic hydroxyl groups is 2. The van der Waals surface area contributed by atoms with Gasteiger partial charge in [0.1, 0.15) is 6.10 Å². The average molecular weight is 784 g/mol. The molecule has 2 fully saturated rings. The second-order valence-corrected chi connectivity index (χ2v) is 19.5. The van der Waals surface area contributed by atoms with E-state index in [1.165, 1.54) is 6.07 Å². The molecule has 0 amide bonds. The van der Waals surface area contributed by atoms with Crippen molar-refractivity contribution in [2.24, 2.45) is 34.5 Å². The predicted molar refractivity (Wildman–Crippen MR) is 207 cm³/mol. The van der Waals surface area contributed by atoms with Gasteiger partial charge in [0, 0.05) is 29.4 Å². The van der Waals surface area contributed by atoms with E-state index < -0.39 is 73.0 Å². The number of carbonyl (C=O) groups excluding carboxylic acids is 1. The minimum atomic E-state index is -4.24. The monoisotopic (exact) mass is 783 g/mol. The van der Waals surface area contributed by atoms with Crippen molar-refractivity contribution in [2.75, 3.05) is 18.8 Å². The first-order chi connectivity index (χ1) is 25.5. The maximum absolute atomic E-state index is 14.1. The Morgan fingerprint density at radius 2 is 1.49 bits per heavy atom. The summed E-state index contributed by atoms with van der Waals surface area (Å²) in [5, 5.41) is 50.5. The molecule has 0 bridgehead atoms. The topological polar surface area (TPSA) is 208 Å². The van der Waals surface area contributed by atoms with E-state index in [9.17, 15) is 43.2 Å². The van der Waals surface area contributed by atoms with Crippen LogP contribution < -0.4 is 16.2 Å². The maximum atomic E-state index is 14.1. The van der Waals surface area contributed by atoms with Gasteiger partial charge in [-0.2, -0.15) is 8.42 Å². The zero-order chi connectivity index (χ0) is 40.7. The number of Topliss-reactive ketones (excluding diaryl/α,β-unsaturated/α-hetero) is 1. The Bertz CT molecular complexity index is 2140. The lowest BCUT2D eigenvalue weighted by Crippen LogP contribution is -2.51. The number of rotatable bonds is 10. The van der Waals surface area contributed by atoms with Crippen molar-refractivity contribution < 1.29 is 42.9 Å². The molecule has 0 spiro atoms. The van der Waals surface area contributed by atoms with Crippen LogP contribution in [0.5, 0.6) is 11.5 Å². The molecule has 6 N–H and O–H groups in total. The van der Waals surface area contributed by atoms with E-state index in [0.29, 0.717) is 41.5 Å². The summed E-state index contributed by atoms with van der Waals surface area (Å²) < 4.78 is 38.4. The lowest BCUT2D eigenvalue weighted by molar-refractivity contribution is -0.279. The minimum Gasteiger partial charge on any atom is -0.504 e. The van der Waals surface area contributed by atoms with Crippen LogP contribution in [-0.4, -0.2) is 64.1 Å². The van der Waals surface area contributed by atoms with Gasteiger partial charge in [0.2, 0.25) is 10.9 Å². The van der Waals surface area contributed by atoms with Crippen molar-refractivity contribution >= 4 is 15.9 Å². The van der Waals surface area contributed by atoms with Crippen LogP contribution >= 0.6 is 0 Å². The number of fused-ring (bicyclic) bond motifs is 2. The van der Waals surface area contributed by atoms with Crippen LogP contribution in [0, 0.1) is 48.3 Å². The normalized spacial score (nSPS) is 32.8. The number of carbonyl (C=O) groups is 1. The van der Waals surface area contributed by atoms with Crippen LogP contribution in [0.4, 0.5) is 0 Å². The molecule has 55 heavy (non-hydrogen) atoms. The number of nitrogens with one attached hydrogen (secondary N) is 1. The van der Waals surface area contributed by atoms with Gasteiger partial charge in [0.05, 0.1) is 18.4 Å². The van der Waals surface area contributed by atoms with Gasteiger partial charge in [-0.05, 0) is 127 Å². The Kier molecular flexibility index (Phi) is 10.8. The van der Waals surface area contributed by atoms with Crippen LogP contribution in [0.2, 0.25) is 0 Å². The summed E-state index contributed by atoms with van der Waals surface area (Å²) in [6, 6.07) is 4.01. The Hall–Kier alpha value is -3.20. The van der Waals surface area contributed by atoms with Gasteiger partial charge in [-0.3, -0.25) is 18.9 Å². The molecule has 1 heterocycles. The second kappa shape index (κ2) is 14.3. The first kappa shape index (κ1) is 41.4. The Morgan fingerprint density at radius 3 is 2.11 bits per heavy atom. The minimum absolute atomic E-state index is 0.00978. The molecule has 6 rings (SSSR count). The van der Waals surface area contributed by atoms with E-state index in [2.05, 4.69) is 19.2 Å². The summed E-state index contributed by atoms with van der Waals surface area (Å²) in [6.45, 7) is 15.1. The van der Waals surface area contributed by atoms with E-state index in [1.807, 2.05) is 27.7 Å². The summed E-state index contributed by atoms with van der Waals surface area (Å²) >= 11 is 0. The number of aliphatic hydroxyl groups excluding tert-OH is 1. The van der Waals surface area contributed by atoms with E-state index in [0.717, 1.165) is 18.1 Å². The van der Waals surface area contributed by atoms with E-state index in [1.54, 1.807) is 19.9 Å². The number of hydrogen-bond donors (Lipinski definition) is 6. The molecule has 0 aromatic heterocycles. The van der Waals surface area contributed by atoms with Crippen molar-refractivity contribution in [1.82, 2.24) is 5.32 Å². The highest BCUT2D eigenvalue weighted by atomic mass is 32.2. The Balaban J connectivity index is 1.53. The number of hydrogen-bond acceptors (Lipinski definition) is 11. The van der Waals surface area contributed by atoms with E-state index in [4.69, 9.17) is 9.29 Å². The fraction of sp³-hybridized carbons (Fsp3) is 0.643. The van der Waals surface area contributed by atoms with Gasteiger partial charge >= 0.3 is 0 Å². The third-order valence-corrected chi connectivity index (χ3v) is 14.8. The molecule has 4 aliphatic rings. The summed E-state index contributed by atoms with van der Waals surface area (Å²) in [5.41, 5.74) is -0.363. The SMILES string of the molecule is Cc1c([C@H]2[C@@H](C(C)C)CC[C@@]2(C)C(=O)CNCCS(=O)(=O)O)cc([C@]2(O)Cc3cc(=O)c(O)c(C)c4c3[C@@H](O2)[C@H](O)[C@]2(C)CC[C@H](C(C)C)[C@H]42)cc(=O)c1O. The van der Waals surface area contributed by atoms with E-state index >= 15 is 0 Å². The predicted octanol–water partition coefficient (Wildman–Crippen LogP) is 4.63. The molecule has 0 saturated heterocycles. The molecule has 0 unspecified atom stereocenters. The molecule has 13 heteroatoms. The molecule has 2 saturated carbocycles. The van der Waals surface area contributed by atoms with Gasteiger partial charge in [-0.25, -0.2) is 0 Å². The zero-order valence-electron chi connectivity index (χ0n) is 33.1. The molecule has 2 aromatic rings. The van der Waals surface area contributed by atoms with Crippen molar-refractivity contribution in [1.29, 1.82) is 0 Å². The van der Waals surface area contributed by atoms with Crippen molar-refractivity contribution in [3.8, 4) is 11.5 Å². The molecule has 12 nitrogen and oxygen atoms in total. The van der Waals surface area contributed by atoms with Crippen molar-refractivity contribution in [3.05, 3.63) is 77.6 Å². The van der Waals surface area contributed by atoms with E-state index in [-0.39, 0.29) is 66.0 Å². The lowest BCUT2D eigenvalue weighted by Gasteiger charge is -2.52. The fourth-order valence-electron chi connectivity index (χ4n) is 10.9. The molecule has 302 valence electrons. The third kappa shape index (κ3) is 6.86. The van der Waals surface area contributed by atoms with Gasteiger partial charge in [-0.15, -0.1) is 0 Å². The molecule has 0 radical (unpaired) electrons. The first-order valence-electron chi connectivity index (χ1n) is 19.5. The molecular formula is C42H57NO11S. The lowest BCUT2D eigenvalue weighted by atomic mass is 9.59. The summed E-state index contributed by atoms with van der Waals surface area (Å²) in [6.07, 6.45) is 0.0171. The maximum Gasteiger partial charge on any atom is 0.266 e. The van der Waals surface area contributed by atoms with Crippen molar-refractivity contribution in [2.45, 2.75) is 117 Å². The highest BCUT2D eigenvalue weighted by molar-refractivity contribution is 7.85. The van der Waals surface area contributed by atoms with Crippen LogP contribution in [0.3, 0.4) is 0 Å². The summed E-state index contributed by atoms with van der Waals surface area (Å²) in [7, 11) is -4.24. The van der Waals surface area contributed by atoms with Gasteiger partial charge in [0.15, 0.2) is 23.1 Å². The third-order valence-electron chi connectivity index (χ3n) is 14.1. The Morgan fingerprint density at radius 1 is 0.909 bits per heavy atom. The molecule has 9 atom stereocenters. The molecule has 1 aliphatic heterocycles. The van der Waals surface area contributed by atoms with Gasteiger partial charge in [0.25, 0.3) is 10.1 Å². The standard InChI is InChI=1S/C42H57NO11S/c1-20(2)26-9-11-40(7,31(46)19-43-13-14-55(51,52)53)34(26)28-16-25(17-30(45)36(47)22(28)5)42(50)18-24-15-29(44)37(48)23(6)32-33(24)38(54-42)39(49)41(8)12-10-27(21(3)4)35(32)41/h15-17,20-21,26-27,34-35,38-39,43,49-50H,9-14,18-19H2,1-8H3,(H,44,48)(H,45,47)(H,51,52,53)/t26-,27-,34-,35-,38-,39+,40+,41-,42+/m1/s1. The number of ether oxygens (including phenoxy) is 1. The number of aromatic hydroxyl groups is 2. The first-order valence-corrected chi connectivity index (χ1v) is 21.1. The molecule has 3 aliphatic carbocycles.